The SMILES string of the molecule is Nc1ccc(N2CC(N3CCc4cc(NC(=O)OCc5ccccc5)ccc4C3)C2)cc1. The lowest BCUT2D eigenvalue weighted by Gasteiger charge is -2.48. The Balaban J connectivity index is 1.13. The van der Waals surface area contributed by atoms with Gasteiger partial charge in [-0.05, 0) is 59.5 Å². The Morgan fingerprint density at radius 2 is 1.78 bits per heavy atom. The molecule has 3 N–H and O–H groups in total. The Morgan fingerprint density at radius 1 is 1.00 bits per heavy atom. The highest BCUT2D eigenvalue weighted by Gasteiger charge is 2.33. The monoisotopic (exact) mass is 428 g/mol. The van der Waals surface area contributed by atoms with Crippen LogP contribution in [0.3, 0.4) is 0 Å². The van der Waals surface area contributed by atoms with Crippen molar-refractivity contribution in [3.8, 4) is 0 Å². The third-order valence-corrected chi connectivity index (χ3v) is 6.34. The molecule has 1 amide bonds. The van der Waals surface area contributed by atoms with Gasteiger partial charge in [0.1, 0.15) is 6.61 Å². The first kappa shape index (κ1) is 20.4. The molecule has 6 nitrogen and oxygen atoms in total. The summed E-state index contributed by atoms with van der Waals surface area (Å²) in [5, 5.41) is 2.86. The van der Waals surface area contributed by atoms with Crippen LogP contribution in [0.2, 0.25) is 0 Å². The van der Waals surface area contributed by atoms with Crippen LogP contribution >= 0.6 is 0 Å². The molecule has 2 heterocycles. The highest BCUT2D eigenvalue weighted by molar-refractivity contribution is 5.84. The predicted octanol–water partition coefficient (Wildman–Crippen LogP) is 4.26. The van der Waals surface area contributed by atoms with Crippen LogP contribution in [0.15, 0.2) is 72.8 Å². The standard InChI is InChI=1S/C26H28N4O2/c27-22-7-10-24(11-8-22)30-16-25(17-30)29-13-12-20-14-23(9-6-21(20)15-29)28-26(31)32-18-19-4-2-1-3-5-19/h1-11,14,25H,12-13,15-18,27H2,(H,28,31). The van der Waals surface area contributed by atoms with Gasteiger partial charge in [0.05, 0.1) is 0 Å². The molecule has 32 heavy (non-hydrogen) atoms. The van der Waals surface area contributed by atoms with Crippen molar-refractivity contribution in [1.82, 2.24) is 4.90 Å². The number of nitrogens with one attached hydrogen (secondary N) is 1. The summed E-state index contributed by atoms with van der Waals surface area (Å²) in [7, 11) is 0. The van der Waals surface area contributed by atoms with Crippen molar-refractivity contribution in [2.45, 2.75) is 25.6 Å². The molecule has 3 aromatic rings. The molecule has 5 rings (SSSR count). The van der Waals surface area contributed by atoms with Crippen LogP contribution in [-0.4, -0.2) is 36.7 Å². The van der Waals surface area contributed by atoms with E-state index >= 15 is 0 Å². The maximum absolute atomic E-state index is 12.2. The molecule has 1 fully saturated rings. The molecular weight excluding hydrogens is 400 g/mol. The fraction of sp³-hybridized carbons (Fsp3) is 0.269. The van der Waals surface area contributed by atoms with Gasteiger partial charge in [0.15, 0.2) is 0 Å². The van der Waals surface area contributed by atoms with E-state index in [1.807, 2.05) is 48.5 Å². The summed E-state index contributed by atoms with van der Waals surface area (Å²) in [6.07, 6.45) is 0.561. The highest BCUT2D eigenvalue weighted by atomic mass is 16.5. The molecule has 0 saturated carbocycles. The van der Waals surface area contributed by atoms with E-state index in [2.05, 4.69) is 39.4 Å². The van der Waals surface area contributed by atoms with E-state index in [1.165, 1.54) is 16.8 Å². The smallest absolute Gasteiger partial charge is 0.411 e. The number of carbonyl (C=O) groups is 1. The van der Waals surface area contributed by atoms with Crippen LogP contribution in [0.25, 0.3) is 0 Å². The van der Waals surface area contributed by atoms with Gasteiger partial charge in [-0.1, -0.05) is 36.4 Å². The second-order valence-electron chi connectivity index (χ2n) is 8.54. The Labute approximate surface area is 188 Å². The van der Waals surface area contributed by atoms with Crippen LogP contribution in [-0.2, 0) is 24.3 Å². The lowest BCUT2D eigenvalue weighted by atomic mass is 9.95. The van der Waals surface area contributed by atoms with Crippen molar-refractivity contribution < 1.29 is 9.53 Å². The van der Waals surface area contributed by atoms with Crippen molar-refractivity contribution >= 4 is 23.2 Å². The van der Waals surface area contributed by atoms with Crippen LogP contribution in [0.5, 0.6) is 0 Å². The van der Waals surface area contributed by atoms with Gasteiger partial charge in [-0.15, -0.1) is 0 Å². The normalized spacial score (nSPS) is 16.2. The number of fused-ring (bicyclic) bond motifs is 1. The van der Waals surface area contributed by atoms with Gasteiger partial charge >= 0.3 is 6.09 Å². The number of nitrogen functional groups attached to an aromatic ring is 1. The number of rotatable bonds is 5. The highest BCUT2D eigenvalue weighted by Crippen LogP contribution is 2.29. The summed E-state index contributed by atoms with van der Waals surface area (Å²) in [4.78, 5) is 17.1. The molecule has 6 heteroatoms. The average Bonchev–Trinajstić information content (AvgIpc) is 2.79. The van der Waals surface area contributed by atoms with Gasteiger partial charge in [0.25, 0.3) is 0 Å². The van der Waals surface area contributed by atoms with E-state index < -0.39 is 6.09 Å². The van der Waals surface area contributed by atoms with Crippen molar-refractivity contribution in [3.63, 3.8) is 0 Å². The van der Waals surface area contributed by atoms with E-state index in [0.29, 0.717) is 6.04 Å². The molecule has 0 unspecified atom stereocenters. The first-order chi connectivity index (χ1) is 15.6. The summed E-state index contributed by atoms with van der Waals surface area (Å²) in [6, 6.07) is 24.5. The number of anilines is 3. The first-order valence-electron chi connectivity index (χ1n) is 11.1. The lowest BCUT2D eigenvalue weighted by Crippen LogP contribution is -2.60. The summed E-state index contributed by atoms with van der Waals surface area (Å²) in [5.41, 5.74) is 12.2. The molecule has 0 aromatic heterocycles. The van der Waals surface area contributed by atoms with Crippen molar-refractivity contribution in [3.05, 3.63) is 89.5 Å². The third kappa shape index (κ3) is 4.55. The fourth-order valence-electron chi connectivity index (χ4n) is 4.42. The Morgan fingerprint density at radius 3 is 2.56 bits per heavy atom. The molecule has 3 aromatic carbocycles. The topological polar surface area (TPSA) is 70.8 Å². The summed E-state index contributed by atoms with van der Waals surface area (Å²) < 4.78 is 5.33. The molecule has 164 valence electrons. The fourth-order valence-corrected chi connectivity index (χ4v) is 4.42. The number of hydrogen-bond acceptors (Lipinski definition) is 5. The Kier molecular flexibility index (Phi) is 5.69. The largest absolute Gasteiger partial charge is 0.444 e. The summed E-state index contributed by atoms with van der Waals surface area (Å²) in [5.74, 6) is 0. The zero-order chi connectivity index (χ0) is 21.9. The number of amides is 1. The van der Waals surface area contributed by atoms with Gasteiger partial charge in [0.2, 0.25) is 0 Å². The van der Waals surface area contributed by atoms with Crippen LogP contribution < -0.4 is 16.0 Å². The van der Waals surface area contributed by atoms with Gasteiger partial charge in [-0.25, -0.2) is 4.79 Å². The van der Waals surface area contributed by atoms with Crippen molar-refractivity contribution in [1.29, 1.82) is 0 Å². The van der Waals surface area contributed by atoms with E-state index in [4.69, 9.17) is 10.5 Å². The van der Waals surface area contributed by atoms with Crippen LogP contribution in [0, 0.1) is 0 Å². The molecule has 0 spiro atoms. The molecule has 2 aliphatic heterocycles. The van der Waals surface area contributed by atoms with E-state index in [1.54, 1.807) is 0 Å². The average molecular weight is 429 g/mol. The summed E-state index contributed by atoms with van der Waals surface area (Å²) in [6.45, 7) is 4.35. The maximum Gasteiger partial charge on any atom is 0.411 e. The second kappa shape index (κ2) is 8.93. The number of benzene rings is 3. The molecule has 1 saturated heterocycles. The molecule has 0 atom stereocenters. The number of ether oxygens (including phenoxy) is 1. The van der Waals surface area contributed by atoms with E-state index in [0.717, 1.165) is 49.5 Å². The van der Waals surface area contributed by atoms with Gasteiger partial charge in [-0.2, -0.15) is 0 Å². The van der Waals surface area contributed by atoms with Crippen LogP contribution in [0.1, 0.15) is 16.7 Å². The second-order valence-corrected chi connectivity index (χ2v) is 8.54. The maximum atomic E-state index is 12.2. The molecule has 0 bridgehead atoms. The lowest BCUT2D eigenvalue weighted by molar-refractivity contribution is 0.150. The molecular formula is C26H28N4O2. The van der Waals surface area contributed by atoms with Gasteiger partial charge < -0.3 is 15.4 Å². The van der Waals surface area contributed by atoms with Crippen LogP contribution in [0.4, 0.5) is 21.9 Å². The van der Waals surface area contributed by atoms with Gasteiger partial charge in [-0.3, -0.25) is 10.2 Å². The van der Waals surface area contributed by atoms with Crippen molar-refractivity contribution in [2.75, 3.05) is 35.6 Å². The Bertz CT molecular complexity index is 1080. The molecule has 0 radical (unpaired) electrons. The predicted molar refractivity (Wildman–Crippen MR) is 128 cm³/mol. The quantitative estimate of drug-likeness (QED) is 0.594. The minimum absolute atomic E-state index is 0.265. The third-order valence-electron chi connectivity index (χ3n) is 6.34. The minimum Gasteiger partial charge on any atom is -0.444 e. The van der Waals surface area contributed by atoms with E-state index in [-0.39, 0.29) is 6.61 Å². The number of carbonyl (C=O) groups excluding carboxylic acids is 1. The van der Waals surface area contributed by atoms with E-state index in [9.17, 15) is 4.79 Å². The van der Waals surface area contributed by atoms with Gasteiger partial charge in [0, 0.05) is 49.3 Å². The zero-order valence-corrected chi connectivity index (χ0v) is 18.0. The Hall–Kier alpha value is -3.51. The number of nitrogens with two attached hydrogens (primary N) is 1. The zero-order valence-electron chi connectivity index (χ0n) is 18.0. The van der Waals surface area contributed by atoms with Crippen molar-refractivity contribution in [2.24, 2.45) is 0 Å². The number of hydrogen-bond donors (Lipinski definition) is 2. The number of nitrogens with zero attached hydrogens (tertiary/aromatic N) is 2. The molecule has 2 aliphatic rings. The first-order valence-corrected chi connectivity index (χ1v) is 11.1. The summed E-state index contributed by atoms with van der Waals surface area (Å²) >= 11 is 0. The molecule has 0 aliphatic carbocycles. The minimum atomic E-state index is -0.427.